The molecule has 2 N–H and O–H groups in total. The first kappa shape index (κ1) is 14.2. The number of hydrogen-bond acceptors (Lipinski definition) is 3. The van der Waals surface area contributed by atoms with Crippen molar-refractivity contribution in [3.05, 3.63) is 23.8 Å². The molecule has 3 nitrogen and oxygen atoms in total. The zero-order valence-corrected chi connectivity index (χ0v) is 12.0. The third kappa shape index (κ3) is 3.63. The first-order valence-electron chi connectivity index (χ1n) is 7.22. The van der Waals surface area contributed by atoms with Gasteiger partial charge in [0.25, 0.3) is 0 Å². The Kier molecular flexibility index (Phi) is 5.08. The maximum absolute atomic E-state index is 6.34. The molecule has 0 radical (unpaired) electrons. The van der Waals surface area contributed by atoms with Crippen molar-refractivity contribution in [3.8, 4) is 11.5 Å². The van der Waals surface area contributed by atoms with Gasteiger partial charge in [-0.3, -0.25) is 0 Å². The van der Waals surface area contributed by atoms with Gasteiger partial charge in [-0.1, -0.05) is 25.7 Å². The van der Waals surface area contributed by atoms with Gasteiger partial charge in [0.2, 0.25) is 0 Å². The second-order valence-corrected chi connectivity index (χ2v) is 5.44. The van der Waals surface area contributed by atoms with Crippen LogP contribution in [0.2, 0.25) is 0 Å². The summed E-state index contributed by atoms with van der Waals surface area (Å²) in [4.78, 5) is 0. The number of benzene rings is 1. The molecule has 1 atom stereocenters. The lowest BCUT2D eigenvalue weighted by Crippen LogP contribution is -2.13. The fourth-order valence-electron chi connectivity index (χ4n) is 3.00. The van der Waals surface area contributed by atoms with Gasteiger partial charge in [0, 0.05) is 11.6 Å². The normalized spacial score (nSPS) is 17.4. The van der Waals surface area contributed by atoms with Crippen LogP contribution in [-0.4, -0.2) is 14.2 Å². The van der Waals surface area contributed by atoms with E-state index in [1.54, 1.807) is 14.2 Å². The van der Waals surface area contributed by atoms with Gasteiger partial charge in [-0.2, -0.15) is 0 Å². The highest BCUT2D eigenvalue weighted by molar-refractivity contribution is 5.42. The van der Waals surface area contributed by atoms with Crippen LogP contribution in [0.4, 0.5) is 0 Å². The second-order valence-electron chi connectivity index (χ2n) is 5.44. The quantitative estimate of drug-likeness (QED) is 0.851. The van der Waals surface area contributed by atoms with E-state index in [1.165, 1.54) is 32.1 Å². The molecule has 0 heterocycles. The van der Waals surface area contributed by atoms with Gasteiger partial charge in [-0.05, 0) is 37.0 Å². The van der Waals surface area contributed by atoms with E-state index in [9.17, 15) is 0 Å². The van der Waals surface area contributed by atoms with Crippen LogP contribution in [0.1, 0.15) is 50.1 Å². The topological polar surface area (TPSA) is 44.5 Å². The molecule has 3 heteroatoms. The Morgan fingerprint density at radius 1 is 1.21 bits per heavy atom. The summed E-state index contributed by atoms with van der Waals surface area (Å²) in [6.45, 7) is 0. The first-order chi connectivity index (χ1) is 9.24. The van der Waals surface area contributed by atoms with E-state index < -0.39 is 0 Å². The van der Waals surface area contributed by atoms with Crippen LogP contribution < -0.4 is 15.2 Å². The molecule has 0 bridgehead atoms. The highest BCUT2D eigenvalue weighted by Gasteiger charge is 2.18. The Bertz CT molecular complexity index is 400. The van der Waals surface area contributed by atoms with Gasteiger partial charge < -0.3 is 15.2 Å². The average molecular weight is 263 g/mol. The Labute approximate surface area is 116 Å². The Morgan fingerprint density at radius 3 is 2.58 bits per heavy atom. The summed E-state index contributed by atoms with van der Waals surface area (Å²) in [5.74, 6) is 2.58. The van der Waals surface area contributed by atoms with E-state index in [4.69, 9.17) is 15.2 Å². The Balaban J connectivity index is 2.01. The van der Waals surface area contributed by atoms with E-state index in [0.29, 0.717) is 0 Å². The third-order valence-corrected chi connectivity index (χ3v) is 4.20. The Morgan fingerprint density at radius 2 is 1.95 bits per heavy atom. The molecule has 1 aliphatic rings. The second kappa shape index (κ2) is 6.80. The molecular formula is C16H25NO2. The summed E-state index contributed by atoms with van der Waals surface area (Å²) in [6.07, 6.45) is 7.78. The van der Waals surface area contributed by atoms with Crippen LogP contribution in [0.25, 0.3) is 0 Å². The van der Waals surface area contributed by atoms with Crippen LogP contribution in [0.3, 0.4) is 0 Å². The molecule has 0 aliphatic heterocycles. The minimum atomic E-state index is 0.0330. The highest BCUT2D eigenvalue weighted by atomic mass is 16.5. The van der Waals surface area contributed by atoms with Crippen LogP contribution in [0.5, 0.6) is 11.5 Å². The molecule has 106 valence electrons. The van der Waals surface area contributed by atoms with Crippen molar-refractivity contribution in [1.29, 1.82) is 0 Å². The average Bonchev–Trinajstić information content (AvgIpc) is 2.97. The maximum atomic E-state index is 6.34. The molecule has 0 spiro atoms. The molecule has 2 rings (SSSR count). The van der Waals surface area contributed by atoms with Gasteiger partial charge >= 0.3 is 0 Å². The molecule has 19 heavy (non-hydrogen) atoms. The minimum absolute atomic E-state index is 0.0330. The molecule has 1 unspecified atom stereocenters. The lowest BCUT2D eigenvalue weighted by Gasteiger charge is -2.18. The SMILES string of the molecule is COc1ccc(OC)c(C(N)CCC2CCCC2)c1. The summed E-state index contributed by atoms with van der Waals surface area (Å²) >= 11 is 0. The first-order valence-corrected chi connectivity index (χ1v) is 7.22. The van der Waals surface area contributed by atoms with Crippen molar-refractivity contribution in [3.63, 3.8) is 0 Å². The van der Waals surface area contributed by atoms with Crippen LogP contribution in [0, 0.1) is 5.92 Å². The highest BCUT2D eigenvalue weighted by Crippen LogP contribution is 2.34. The molecule has 0 amide bonds. The fraction of sp³-hybridized carbons (Fsp3) is 0.625. The van der Waals surface area contributed by atoms with E-state index in [-0.39, 0.29) is 6.04 Å². The summed E-state index contributed by atoms with van der Waals surface area (Å²) in [5.41, 5.74) is 7.39. The van der Waals surface area contributed by atoms with Crippen molar-refractivity contribution in [2.45, 2.75) is 44.6 Å². The zero-order valence-electron chi connectivity index (χ0n) is 12.0. The van der Waals surface area contributed by atoms with Crippen LogP contribution in [-0.2, 0) is 0 Å². The number of rotatable bonds is 6. The van der Waals surface area contributed by atoms with Crippen molar-refractivity contribution in [2.24, 2.45) is 11.7 Å². The molecule has 1 aliphatic carbocycles. The number of methoxy groups -OCH3 is 2. The van der Waals surface area contributed by atoms with E-state index in [2.05, 4.69) is 0 Å². The van der Waals surface area contributed by atoms with Crippen LogP contribution >= 0.6 is 0 Å². The van der Waals surface area contributed by atoms with Crippen LogP contribution in [0.15, 0.2) is 18.2 Å². The molecule has 1 aromatic carbocycles. The molecule has 0 aromatic heterocycles. The fourth-order valence-corrected chi connectivity index (χ4v) is 3.00. The molecule has 0 saturated heterocycles. The minimum Gasteiger partial charge on any atom is -0.497 e. The number of nitrogens with two attached hydrogens (primary N) is 1. The lowest BCUT2D eigenvalue weighted by atomic mass is 9.95. The van der Waals surface area contributed by atoms with Gasteiger partial charge in [0.05, 0.1) is 14.2 Å². The largest absolute Gasteiger partial charge is 0.497 e. The van der Waals surface area contributed by atoms with E-state index in [1.807, 2.05) is 18.2 Å². The third-order valence-electron chi connectivity index (χ3n) is 4.20. The standard InChI is InChI=1S/C16H25NO2/c1-18-13-8-10-16(19-2)14(11-13)15(17)9-7-12-5-3-4-6-12/h8,10-12,15H,3-7,9,17H2,1-2H3. The molecular weight excluding hydrogens is 238 g/mol. The zero-order chi connectivity index (χ0) is 13.7. The van der Waals surface area contributed by atoms with Gasteiger partial charge in [-0.25, -0.2) is 0 Å². The smallest absolute Gasteiger partial charge is 0.123 e. The predicted octanol–water partition coefficient (Wildman–Crippen LogP) is 3.67. The predicted molar refractivity (Wildman–Crippen MR) is 77.7 cm³/mol. The van der Waals surface area contributed by atoms with Gasteiger partial charge in [-0.15, -0.1) is 0 Å². The number of ether oxygens (including phenoxy) is 2. The van der Waals surface area contributed by atoms with Crippen molar-refractivity contribution < 1.29 is 9.47 Å². The molecule has 1 fully saturated rings. The molecule has 1 aromatic rings. The summed E-state index contributed by atoms with van der Waals surface area (Å²) in [5, 5.41) is 0. The van der Waals surface area contributed by atoms with E-state index >= 15 is 0 Å². The van der Waals surface area contributed by atoms with E-state index in [0.717, 1.165) is 29.4 Å². The van der Waals surface area contributed by atoms with Crippen molar-refractivity contribution >= 4 is 0 Å². The summed E-state index contributed by atoms with van der Waals surface area (Å²) in [7, 11) is 3.37. The monoisotopic (exact) mass is 263 g/mol. The van der Waals surface area contributed by atoms with Crippen molar-refractivity contribution in [2.75, 3.05) is 14.2 Å². The van der Waals surface area contributed by atoms with Gasteiger partial charge in [0.1, 0.15) is 11.5 Å². The summed E-state index contributed by atoms with van der Waals surface area (Å²) < 4.78 is 10.7. The van der Waals surface area contributed by atoms with Gasteiger partial charge in [0.15, 0.2) is 0 Å². The maximum Gasteiger partial charge on any atom is 0.123 e. The summed E-state index contributed by atoms with van der Waals surface area (Å²) in [6, 6.07) is 5.87. The Hall–Kier alpha value is -1.22. The van der Waals surface area contributed by atoms with Crippen molar-refractivity contribution in [1.82, 2.24) is 0 Å². The number of hydrogen-bond donors (Lipinski definition) is 1. The molecule has 1 saturated carbocycles. The lowest BCUT2D eigenvalue weighted by molar-refractivity contribution is 0.389.